The second-order valence-electron chi connectivity index (χ2n) is 2.40. The van der Waals surface area contributed by atoms with Crippen LogP contribution >= 0.6 is 12.6 Å². The molecule has 0 bridgehead atoms. The summed E-state index contributed by atoms with van der Waals surface area (Å²) in [6, 6.07) is 0. The summed E-state index contributed by atoms with van der Waals surface area (Å²) in [7, 11) is 0. The minimum atomic E-state index is 0.312. The van der Waals surface area contributed by atoms with Gasteiger partial charge in [-0.3, -0.25) is 0 Å². The molecule has 9 heavy (non-hydrogen) atoms. The second kappa shape index (κ2) is 3.72. The highest BCUT2D eigenvalue weighted by molar-refractivity contribution is 7.84. The maximum absolute atomic E-state index is 7.35. The fraction of sp³-hybridized carbons (Fsp3) is 0.571. The van der Waals surface area contributed by atoms with Gasteiger partial charge < -0.3 is 5.41 Å². The zero-order chi connectivity index (χ0) is 7.44. The maximum Gasteiger partial charge on any atom is 0.0346 e. The molecule has 1 nitrogen and oxygen atoms in total. The van der Waals surface area contributed by atoms with Crippen LogP contribution in [0.2, 0.25) is 0 Å². The lowest BCUT2D eigenvalue weighted by Gasteiger charge is -2.00. The van der Waals surface area contributed by atoms with Crippen LogP contribution in [0.3, 0.4) is 0 Å². The van der Waals surface area contributed by atoms with Crippen LogP contribution in [0.15, 0.2) is 11.0 Å². The molecule has 0 atom stereocenters. The highest BCUT2D eigenvalue weighted by Gasteiger charge is 1.96. The van der Waals surface area contributed by atoms with Crippen molar-refractivity contribution in [3.05, 3.63) is 11.0 Å². The van der Waals surface area contributed by atoms with Gasteiger partial charge in [0.25, 0.3) is 0 Å². The van der Waals surface area contributed by atoms with Crippen molar-refractivity contribution >= 4 is 18.3 Å². The van der Waals surface area contributed by atoms with Crippen LogP contribution in [0.5, 0.6) is 0 Å². The van der Waals surface area contributed by atoms with E-state index in [-0.39, 0.29) is 0 Å². The Bertz CT molecular complexity index is 132. The van der Waals surface area contributed by atoms with Gasteiger partial charge in [0.05, 0.1) is 0 Å². The van der Waals surface area contributed by atoms with Gasteiger partial charge in [-0.15, -0.1) is 12.6 Å². The van der Waals surface area contributed by atoms with Gasteiger partial charge in [0.2, 0.25) is 0 Å². The first-order valence-corrected chi connectivity index (χ1v) is 3.44. The summed E-state index contributed by atoms with van der Waals surface area (Å²) in [5.74, 6) is 0.312. The smallest absolute Gasteiger partial charge is 0.0346 e. The van der Waals surface area contributed by atoms with Gasteiger partial charge in [-0.2, -0.15) is 0 Å². The molecule has 0 spiro atoms. The molecule has 52 valence electrons. The molecular weight excluding hydrogens is 130 g/mol. The van der Waals surface area contributed by atoms with E-state index in [0.29, 0.717) is 11.6 Å². The van der Waals surface area contributed by atoms with E-state index >= 15 is 0 Å². The van der Waals surface area contributed by atoms with Crippen molar-refractivity contribution in [1.29, 1.82) is 5.41 Å². The Balaban J connectivity index is 3.93. The van der Waals surface area contributed by atoms with Crippen molar-refractivity contribution < 1.29 is 0 Å². The SMILES string of the molecule is C/C(S)=C/C(=N)C(C)C. The van der Waals surface area contributed by atoms with Gasteiger partial charge in [-0.1, -0.05) is 13.8 Å². The van der Waals surface area contributed by atoms with Gasteiger partial charge in [0.1, 0.15) is 0 Å². The second-order valence-corrected chi connectivity index (χ2v) is 3.10. The summed E-state index contributed by atoms with van der Waals surface area (Å²) in [5, 5.41) is 7.35. The van der Waals surface area contributed by atoms with Crippen LogP contribution in [0.4, 0.5) is 0 Å². The molecule has 1 N–H and O–H groups in total. The fourth-order valence-electron chi connectivity index (χ4n) is 0.392. The Hall–Kier alpha value is -0.240. The molecule has 0 aromatic rings. The van der Waals surface area contributed by atoms with Crippen LogP contribution in [0, 0.1) is 11.3 Å². The van der Waals surface area contributed by atoms with Crippen molar-refractivity contribution in [3.8, 4) is 0 Å². The van der Waals surface area contributed by atoms with Crippen LogP contribution in [0.25, 0.3) is 0 Å². The van der Waals surface area contributed by atoms with Crippen LogP contribution in [0.1, 0.15) is 20.8 Å². The van der Waals surface area contributed by atoms with E-state index in [0.717, 1.165) is 4.91 Å². The van der Waals surface area contributed by atoms with Crippen LogP contribution in [-0.4, -0.2) is 5.71 Å². The average Bonchev–Trinajstić information content (AvgIpc) is 1.63. The lowest BCUT2D eigenvalue weighted by atomic mass is 10.1. The molecule has 0 saturated carbocycles. The largest absolute Gasteiger partial charge is 0.305 e. The monoisotopic (exact) mass is 143 g/mol. The standard InChI is InChI=1S/C7H13NS/c1-5(2)7(8)4-6(3)9/h4-5,8-9H,1-3H3/b6-4-,8-7?. The van der Waals surface area contributed by atoms with Gasteiger partial charge in [-0.25, -0.2) is 0 Å². The molecule has 0 saturated heterocycles. The summed E-state index contributed by atoms with van der Waals surface area (Å²) in [5.41, 5.74) is 0.641. The molecule has 0 unspecified atom stereocenters. The Kier molecular flexibility index (Phi) is 3.62. The van der Waals surface area contributed by atoms with E-state index in [9.17, 15) is 0 Å². The molecular formula is C7H13NS. The van der Waals surface area contributed by atoms with Gasteiger partial charge in [0, 0.05) is 5.71 Å². The number of allylic oxidation sites excluding steroid dienone is 2. The van der Waals surface area contributed by atoms with Gasteiger partial charge in [0.15, 0.2) is 0 Å². The van der Waals surface area contributed by atoms with Crippen molar-refractivity contribution in [2.24, 2.45) is 5.92 Å². The van der Waals surface area contributed by atoms with E-state index in [1.165, 1.54) is 0 Å². The maximum atomic E-state index is 7.35. The van der Waals surface area contributed by atoms with E-state index < -0.39 is 0 Å². The van der Waals surface area contributed by atoms with E-state index in [2.05, 4.69) is 12.6 Å². The predicted octanol–water partition coefficient (Wildman–Crippen LogP) is 2.50. The van der Waals surface area contributed by atoms with Gasteiger partial charge in [-0.05, 0) is 23.8 Å². The normalized spacial score (nSPS) is 12.3. The molecule has 0 aliphatic heterocycles. The first-order valence-electron chi connectivity index (χ1n) is 2.99. The van der Waals surface area contributed by atoms with Crippen molar-refractivity contribution in [3.63, 3.8) is 0 Å². The molecule has 0 rings (SSSR count). The molecule has 0 aliphatic carbocycles. The summed E-state index contributed by atoms with van der Waals surface area (Å²) in [6.45, 7) is 5.87. The Morgan fingerprint density at radius 1 is 1.56 bits per heavy atom. The van der Waals surface area contributed by atoms with E-state index in [1.54, 1.807) is 6.08 Å². The average molecular weight is 143 g/mol. The Morgan fingerprint density at radius 3 is 2.11 bits per heavy atom. The number of thiol groups is 1. The molecule has 0 radical (unpaired) electrons. The molecule has 0 amide bonds. The highest BCUT2D eigenvalue weighted by atomic mass is 32.1. The van der Waals surface area contributed by atoms with Crippen LogP contribution < -0.4 is 0 Å². The minimum absolute atomic E-state index is 0.312. The first kappa shape index (κ1) is 8.76. The number of rotatable bonds is 2. The number of hydrogen-bond donors (Lipinski definition) is 2. The summed E-state index contributed by atoms with van der Waals surface area (Å²) < 4.78 is 0. The van der Waals surface area contributed by atoms with Gasteiger partial charge >= 0.3 is 0 Å². The third-order valence-electron chi connectivity index (χ3n) is 0.986. The number of nitrogens with one attached hydrogen (secondary N) is 1. The molecule has 0 aromatic carbocycles. The topological polar surface area (TPSA) is 23.9 Å². The Morgan fingerprint density at radius 2 is 2.00 bits per heavy atom. The third kappa shape index (κ3) is 4.28. The fourth-order valence-corrected chi connectivity index (χ4v) is 0.531. The van der Waals surface area contributed by atoms with E-state index in [1.807, 2.05) is 20.8 Å². The van der Waals surface area contributed by atoms with Crippen molar-refractivity contribution in [2.45, 2.75) is 20.8 Å². The molecule has 0 heterocycles. The first-order chi connectivity index (χ1) is 4.04. The molecule has 0 aromatic heterocycles. The zero-order valence-corrected chi connectivity index (χ0v) is 7.00. The molecule has 2 heteroatoms. The lowest BCUT2D eigenvalue weighted by molar-refractivity contribution is 0.882. The molecule has 0 aliphatic rings. The summed E-state index contributed by atoms with van der Waals surface area (Å²) in [6.07, 6.45) is 1.77. The minimum Gasteiger partial charge on any atom is -0.305 e. The van der Waals surface area contributed by atoms with Crippen LogP contribution in [-0.2, 0) is 0 Å². The quantitative estimate of drug-likeness (QED) is 0.438. The number of hydrogen-bond acceptors (Lipinski definition) is 2. The summed E-state index contributed by atoms with van der Waals surface area (Å²) >= 11 is 4.05. The third-order valence-corrected chi connectivity index (χ3v) is 1.12. The lowest BCUT2D eigenvalue weighted by Crippen LogP contribution is -2.01. The highest BCUT2D eigenvalue weighted by Crippen LogP contribution is 2.02. The zero-order valence-electron chi connectivity index (χ0n) is 6.10. The predicted molar refractivity (Wildman–Crippen MR) is 45.3 cm³/mol. The van der Waals surface area contributed by atoms with Crippen molar-refractivity contribution in [2.75, 3.05) is 0 Å². The molecule has 0 fully saturated rings. The Labute approximate surface area is 62.1 Å². The van der Waals surface area contributed by atoms with Crippen molar-refractivity contribution in [1.82, 2.24) is 0 Å². The van der Waals surface area contributed by atoms with E-state index in [4.69, 9.17) is 5.41 Å². The summed E-state index contributed by atoms with van der Waals surface area (Å²) in [4.78, 5) is 0.897.